The van der Waals surface area contributed by atoms with Crippen LogP contribution >= 0.6 is 0 Å². The molecule has 38 heavy (non-hydrogen) atoms. The van der Waals surface area contributed by atoms with Gasteiger partial charge in [-0.05, 0) is 54.8 Å². The molecule has 1 aromatic heterocycles. The van der Waals surface area contributed by atoms with Crippen molar-refractivity contribution >= 4 is 0 Å². The standard InChI is InChI=1S/C33H45FN2O2/c1-3-5-7-9-10-12-14-30(34)26-38-32-21-17-28(18-22-32)33-35-24-29(25-36-33)27-15-19-31(20-16-27)37-23-13-11-8-6-4-2/h15-22,24-25,30H,3-14,23,26H2,1-2H3. The van der Waals surface area contributed by atoms with Crippen LogP contribution in [0.15, 0.2) is 60.9 Å². The van der Waals surface area contributed by atoms with Crippen LogP contribution in [0.5, 0.6) is 11.5 Å². The summed E-state index contributed by atoms with van der Waals surface area (Å²) in [5.41, 5.74) is 2.91. The summed E-state index contributed by atoms with van der Waals surface area (Å²) in [6.07, 6.45) is 16.5. The second kappa shape index (κ2) is 17.5. The molecule has 1 heterocycles. The number of aromatic nitrogens is 2. The molecule has 0 aliphatic carbocycles. The van der Waals surface area contributed by atoms with Gasteiger partial charge in [0.25, 0.3) is 0 Å². The predicted octanol–water partition coefficient (Wildman–Crippen LogP) is 9.63. The maximum atomic E-state index is 14.2. The first kappa shape index (κ1) is 29.6. The Morgan fingerprint density at radius 3 is 1.76 bits per heavy atom. The molecule has 206 valence electrons. The van der Waals surface area contributed by atoms with Gasteiger partial charge in [0.05, 0.1) is 6.61 Å². The molecule has 0 saturated carbocycles. The van der Waals surface area contributed by atoms with Crippen molar-refractivity contribution in [3.05, 3.63) is 60.9 Å². The Kier molecular flexibility index (Phi) is 13.7. The van der Waals surface area contributed by atoms with Crippen LogP contribution in [0.4, 0.5) is 4.39 Å². The second-order valence-electron chi connectivity index (χ2n) is 10.1. The molecule has 0 amide bonds. The van der Waals surface area contributed by atoms with Crippen LogP contribution < -0.4 is 9.47 Å². The van der Waals surface area contributed by atoms with Gasteiger partial charge in [0.1, 0.15) is 24.3 Å². The average Bonchev–Trinajstić information content (AvgIpc) is 2.96. The van der Waals surface area contributed by atoms with Gasteiger partial charge in [0.15, 0.2) is 5.82 Å². The van der Waals surface area contributed by atoms with E-state index in [1.807, 2.05) is 60.9 Å². The molecule has 0 bridgehead atoms. The summed E-state index contributed by atoms with van der Waals surface area (Å²) < 4.78 is 25.7. The Labute approximate surface area is 229 Å². The third-order valence-corrected chi connectivity index (χ3v) is 6.77. The lowest BCUT2D eigenvalue weighted by Gasteiger charge is -2.11. The first-order chi connectivity index (χ1) is 18.7. The van der Waals surface area contributed by atoms with Crippen LogP contribution in [0.2, 0.25) is 0 Å². The SMILES string of the molecule is CCCCCCCCC(F)COc1ccc(-c2ncc(-c3ccc(OCCCCCCC)cc3)cn2)cc1. The van der Waals surface area contributed by atoms with Crippen molar-refractivity contribution in [3.63, 3.8) is 0 Å². The van der Waals surface area contributed by atoms with E-state index in [4.69, 9.17) is 9.47 Å². The molecular formula is C33H45FN2O2. The molecule has 5 heteroatoms. The number of unbranched alkanes of at least 4 members (excludes halogenated alkanes) is 9. The Balaban J connectivity index is 1.41. The molecule has 0 aliphatic heterocycles. The molecule has 0 radical (unpaired) electrons. The van der Waals surface area contributed by atoms with Gasteiger partial charge < -0.3 is 9.47 Å². The molecule has 1 atom stereocenters. The highest BCUT2D eigenvalue weighted by molar-refractivity contribution is 5.64. The summed E-state index contributed by atoms with van der Waals surface area (Å²) >= 11 is 0. The fourth-order valence-electron chi connectivity index (χ4n) is 4.38. The predicted molar refractivity (Wildman–Crippen MR) is 156 cm³/mol. The first-order valence-corrected chi connectivity index (χ1v) is 14.6. The number of benzene rings is 2. The first-order valence-electron chi connectivity index (χ1n) is 14.6. The Morgan fingerprint density at radius 2 is 1.13 bits per heavy atom. The number of ether oxygens (including phenoxy) is 2. The molecular weight excluding hydrogens is 475 g/mol. The number of halogens is 1. The zero-order chi connectivity index (χ0) is 26.8. The molecule has 2 aromatic carbocycles. The fraction of sp³-hybridized carbons (Fsp3) is 0.515. The third kappa shape index (κ3) is 10.8. The summed E-state index contributed by atoms with van der Waals surface area (Å²) in [7, 11) is 0. The number of alkyl halides is 1. The van der Waals surface area contributed by atoms with Gasteiger partial charge >= 0.3 is 0 Å². The minimum Gasteiger partial charge on any atom is -0.494 e. The molecule has 0 saturated heterocycles. The van der Waals surface area contributed by atoms with E-state index in [1.54, 1.807) is 0 Å². The summed E-state index contributed by atoms with van der Waals surface area (Å²) in [6, 6.07) is 15.6. The van der Waals surface area contributed by atoms with E-state index in [1.165, 1.54) is 51.4 Å². The van der Waals surface area contributed by atoms with Crippen LogP contribution in [-0.4, -0.2) is 29.4 Å². The summed E-state index contributed by atoms with van der Waals surface area (Å²) in [4.78, 5) is 9.11. The van der Waals surface area contributed by atoms with Crippen LogP contribution in [-0.2, 0) is 0 Å². The molecule has 1 unspecified atom stereocenters. The topological polar surface area (TPSA) is 44.2 Å². The molecule has 0 N–H and O–H groups in total. The number of hydrogen-bond acceptors (Lipinski definition) is 4. The summed E-state index contributed by atoms with van der Waals surface area (Å²) in [6.45, 7) is 5.30. The normalized spacial score (nSPS) is 11.9. The minimum absolute atomic E-state index is 0.0995. The van der Waals surface area contributed by atoms with Gasteiger partial charge in [-0.3, -0.25) is 0 Å². The Bertz CT molecular complexity index is 1010. The van der Waals surface area contributed by atoms with Gasteiger partial charge in [-0.25, -0.2) is 14.4 Å². The van der Waals surface area contributed by atoms with E-state index >= 15 is 0 Å². The largest absolute Gasteiger partial charge is 0.494 e. The van der Waals surface area contributed by atoms with Crippen molar-refractivity contribution in [3.8, 4) is 34.0 Å². The number of rotatable bonds is 19. The Hall–Kier alpha value is -2.95. The highest BCUT2D eigenvalue weighted by Gasteiger charge is 2.09. The van der Waals surface area contributed by atoms with Crippen LogP contribution in [0.25, 0.3) is 22.5 Å². The lowest BCUT2D eigenvalue weighted by atomic mass is 10.1. The maximum Gasteiger partial charge on any atom is 0.159 e. The van der Waals surface area contributed by atoms with Gasteiger partial charge in [-0.2, -0.15) is 0 Å². The number of hydrogen-bond donors (Lipinski definition) is 0. The van der Waals surface area contributed by atoms with E-state index in [0.717, 1.165) is 48.3 Å². The quantitative estimate of drug-likeness (QED) is 0.148. The van der Waals surface area contributed by atoms with Gasteiger partial charge in [0.2, 0.25) is 0 Å². The highest BCUT2D eigenvalue weighted by atomic mass is 19.1. The Morgan fingerprint density at radius 1 is 0.605 bits per heavy atom. The lowest BCUT2D eigenvalue weighted by molar-refractivity contribution is 0.184. The minimum atomic E-state index is -0.923. The molecule has 0 fully saturated rings. The third-order valence-electron chi connectivity index (χ3n) is 6.77. The summed E-state index contributed by atoms with van der Waals surface area (Å²) in [5.74, 6) is 2.21. The van der Waals surface area contributed by atoms with Crippen LogP contribution in [0, 0.1) is 0 Å². The highest BCUT2D eigenvalue weighted by Crippen LogP contribution is 2.24. The van der Waals surface area contributed by atoms with Crippen molar-refractivity contribution in [1.82, 2.24) is 9.97 Å². The van der Waals surface area contributed by atoms with Crippen molar-refractivity contribution < 1.29 is 13.9 Å². The van der Waals surface area contributed by atoms with E-state index in [0.29, 0.717) is 18.0 Å². The smallest absolute Gasteiger partial charge is 0.159 e. The van der Waals surface area contributed by atoms with Gasteiger partial charge in [-0.15, -0.1) is 0 Å². The van der Waals surface area contributed by atoms with Crippen molar-refractivity contribution in [1.29, 1.82) is 0 Å². The zero-order valence-electron chi connectivity index (χ0n) is 23.3. The molecule has 3 rings (SSSR count). The lowest BCUT2D eigenvalue weighted by Crippen LogP contribution is -2.12. The van der Waals surface area contributed by atoms with E-state index < -0.39 is 6.17 Å². The van der Waals surface area contributed by atoms with E-state index in [9.17, 15) is 4.39 Å². The average molecular weight is 521 g/mol. The fourth-order valence-corrected chi connectivity index (χ4v) is 4.38. The van der Waals surface area contributed by atoms with Crippen molar-refractivity contribution in [2.75, 3.05) is 13.2 Å². The van der Waals surface area contributed by atoms with Crippen molar-refractivity contribution in [2.45, 2.75) is 97.1 Å². The van der Waals surface area contributed by atoms with Gasteiger partial charge in [0, 0.05) is 23.5 Å². The van der Waals surface area contributed by atoms with E-state index in [2.05, 4.69) is 23.8 Å². The van der Waals surface area contributed by atoms with Crippen LogP contribution in [0.3, 0.4) is 0 Å². The molecule has 0 spiro atoms. The summed E-state index contributed by atoms with van der Waals surface area (Å²) in [5, 5.41) is 0. The maximum absolute atomic E-state index is 14.2. The van der Waals surface area contributed by atoms with Crippen molar-refractivity contribution in [2.24, 2.45) is 0 Å². The molecule has 0 aliphatic rings. The molecule has 4 nitrogen and oxygen atoms in total. The second-order valence-corrected chi connectivity index (χ2v) is 10.1. The zero-order valence-corrected chi connectivity index (χ0v) is 23.3. The van der Waals surface area contributed by atoms with Gasteiger partial charge in [-0.1, -0.05) is 90.2 Å². The molecule has 3 aromatic rings. The van der Waals surface area contributed by atoms with E-state index in [-0.39, 0.29) is 6.61 Å². The van der Waals surface area contributed by atoms with Crippen LogP contribution in [0.1, 0.15) is 90.9 Å². The number of nitrogens with zero attached hydrogens (tertiary/aromatic N) is 2. The monoisotopic (exact) mass is 520 g/mol.